The molecule has 2 aromatic carbocycles. The summed E-state index contributed by atoms with van der Waals surface area (Å²) in [6.07, 6.45) is 0.829. The summed E-state index contributed by atoms with van der Waals surface area (Å²) in [4.78, 5) is 11.9. The number of benzene rings is 2. The van der Waals surface area contributed by atoms with E-state index in [4.69, 9.17) is 4.74 Å². The van der Waals surface area contributed by atoms with Crippen molar-refractivity contribution in [2.75, 3.05) is 13.2 Å². The normalized spacial score (nSPS) is 10.3. The molecule has 0 radical (unpaired) electrons. The summed E-state index contributed by atoms with van der Waals surface area (Å²) in [5.74, 6) is 0. The molecule has 2 N–H and O–H groups in total. The van der Waals surface area contributed by atoms with Crippen molar-refractivity contribution in [3.05, 3.63) is 71.3 Å². The van der Waals surface area contributed by atoms with Crippen molar-refractivity contribution in [3.8, 4) is 0 Å². The molecule has 0 aliphatic carbocycles. The van der Waals surface area contributed by atoms with Crippen LogP contribution >= 0.6 is 0 Å². The van der Waals surface area contributed by atoms with E-state index in [1.165, 1.54) is 5.56 Å². The highest BCUT2D eigenvalue weighted by molar-refractivity contribution is 5.73. The predicted octanol–water partition coefficient (Wildman–Crippen LogP) is 3.27. The first-order valence-corrected chi connectivity index (χ1v) is 7.99. The fourth-order valence-corrected chi connectivity index (χ4v) is 2.29. The summed E-state index contributed by atoms with van der Waals surface area (Å²) >= 11 is 0. The number of nitrogens with one attached hydrogen (secondary N) is 2. The highest BCUT2D eigenvalue weighted by Crippen LogP contribution is 2.09. The Hall–Kier alpha value is -2.33. The number of hydrogen-bond donors (Lipinski definition) is 2. The minimum absolute atomic E-state index is 0.146. The zero-order chi connectivity index (χ0) is 16.3. The molecule has 23 heavy (non-hydrogen) atoms. The fraction of sp³-hybridized carbons (Fsp3) is 0.316. The maximum Gasteiger partial charge on any atom is 0.315 e. The highest BCUT2D eigenvalue weighted by atomic mass is 16.5. The van der Waals surface area contributed by atoms with Gasteiger partial charge in [0, 0.05) is 19.7 Å². The van der Waals surface area contributed by atoms with Crippen molar-refractivity contribution in [2.24, 2.45) is 0 Å². The number of amides is 2. The van der Waals surface area contributed by atoms with Crippen molar-refractivity contribution in [2.45, 2.75) is 26.5 Å². The number of carbonyl (C=O) groups excluding carboxylic acids is 1. The third-order valence-electron chi connectivity index (χ3n) is 3.56. The van der Waals surface area contributed by atoms with Crippen LogP contribution in [0.5, 0.6) is 0 Å². The summed E-state index contributed by atoms with van der Waals surface area (Å²) in [6, 6.07) is 18.0. The lowest BCUT2D eigenvalue weighted by Gasteiger charge is -2.11. The van der Waals surface area contributed by atoms with Crippen molar-refractivity contribution in [1.29, 1.82) is 0 Å². The standard InChI is InChI=1S/C19H24N2O2/c1-2-23-15-18-11-7-6-10-17(18)14-21-19(22)20-13-12-16-8-4-3-5-9-16/h3-11H,2,12-15H2,1H3,(H2,20,21,22). The van der Waals surface area contributed by atoms with Crippen molar-refractivity contribution in [1.82, 2.24) is 10.6 Å². The molecule has 2 amide bonds. The molecule has 0 saturated carbocycles. The van der Waals surface area contributed by atoms with Crippen LogP contribution in [-0.4, -0.2) is 19.2 Å². The van der Waals surface area contributed by atoms with E-state index in [0.717, 1.165) is 17.5 Å². The Morgan fingerprint density at radius 3 is 2.39 bits per heavy atom. The first-order chi connectivity index (χ1) is 11.3. The summed E-state index contributed by atoms with van der Waals surface area (Å²) in [7, 11) is 0. The van der Waals surface area contributed by atoms with Crippen molar-refractivity contribution >= 4 is 6.03 Å². The van der Waals surface area contributed by atoms with Gasteiger partial charge in [0.1, 0.15) is 0 Å². The first-order valence-electron chi connectivity index (χ1n) is 7.99. The molecule has 2 rings (SSSR count). The van der Waals surface area contributed by atoms with Crippen molar-refractivity contribution in [3.63, 3.8) is 0 Å². The largest absolute Gasteiger partial charge is 0.377 e. The van der Waals surface area contributed by atoms with Gasteiger partial charge in [-0.3, -0.25) is 0 Å². The van der Waals surface area contributed by atoms with Gasteiger partial charge in [-0.15, -0.1) is 0 Å². The number of urea groups is 1. The molecule has 0 spiro atoms. The van der Waals surface area contributed by atoms with Gasteiger partial charge in [0.2, 0.25) is 0 Å². The Labute approximate surface area is 137 Å². The third kappa shape index (κ3) is 6.12. The molecular weight excluding hydrogens is 288 g/mol. The second-order valence-electron chi connectivity index (χ2n) is 5.25. The SMILES string of the molecule is CCOCc1ccccc1CNC(=O)NCCc1ccccc1. The molecule has 0 aromatic heterocycles. The molecule has 0 aliphatic heterocycles. The summed E-state index contributed by atoms with van der Waals surface area (Å²) in [6.45, 7) is 4.35. The molecule has 0 atom stereocenters. The Morgan fingerprint density at radius 1 is 0.957 bits per heavy atom. The lowest BCUT2D eigenvalue weighted by molar-refractivity contribution is 0.133. The van der Waals surface area contributed by atoms with Gasteiger partial charge in [0.05, 0.1) is 6.61 Å². The number of ether oxygens (including phenoxy) is 1. The summed E-state index contributed by atoms with van der Waals surface area (Å²) in [5, 5.41) is 5.78. The van der Waals surface area contributed by atoms with Crippen LogP contribution in [-0.2, 0) is 24.3 Å². The maximum absolute atomic E-state index is 11.9. The van der Waals surface area contributed by atoms with Gasteiger partial charge in [0.15, 0.2) is 0 Å². The van der Waals surface area contributed by atoms with E-state index in [0.29, 0.717) is 26.3 Å². The zero-order valence-electron chi connectivity index (χ0n) is 13.5. The van der Waals surface area contributed by atoms with Crippen LogP contribution < -0.4 is 10.6 Å². The molecule has 0 heterocycles. The Morgan fingerprint density at radius 2 is 1.65 bits per heavy atom. The van der Waals surface area contributed by atoms with Gasteiger partial charge < -0.3 is 15.4 Å². The minimum Gasteiger partial charge on any atom is -0.377 e. The number of hydrogen-bond acceptors (Lipinski definition) is 2. The number of rotatable bonds is 8. The van der Waals surface area contributed by atoms with Crippen LogP contribution in [0, 0.1) is 0 Å². The van der Waals surface area contributed by atoms with Gasteiger partial charge in [-0.25, -0.2) is 4.79 Å². The van der Waals surface area contributed by atoms with Gasteiger partial charge in [-0.2, -0.15) is 0 Å². The summed E-state index contributed by atoms with van der Waals surface area (Å²) < 4.78 is 5.45. The number of carbonyl (C=O) groups is 1. The molecule has 2 aromatic rings. The van der Waals surface area contributed by atoms with Crippen LogP contribution in [0.25, 0.3) is 0 Å². The lowest BCUT2D eigenvalue weighted by Crippen LogP contribution is -2.36. The smallest absolute Gasteiger partial charge is 0.315 e. The van der Waals surface area contributed by atoms with E-state index in [2.05, 4.69) is 22.8 Å². The lowest BCUT2D eigenvalue weighted by atomic mass is 10.1. The van der Waals surface area contributed by atoms with Crippen LogP contribution in [0.4, 0.5) is 4.79 Å². The Kier molecular flexibility index (Phi) is 7.14. The van der Waals surface area contributed by atoms with E-state index >= 15 is 0 Å². The molecule has 0 aliphatic rings. The average Bonchev–Trinajstić information content (AvgIpc) is 2.60. The highest BCUT2D eigenvalue weighted by Gasteiger charge is 2.04. The van der Waals surface area contributed by atoms with E-state index in [1.54, 1.807) is 0 Å². The third-order valence-corrected chi connectivity index (χ3v) is 3.56. The molecule has 4 nitrogen and oxygen atoms in total. The van der Waals surface area contributed by atoms with Crippen LogP contribution in [0.2, 0.25) is 0 Å². The van der Waals surface area contributed by atoms with E-state index in [-0.39, 0.29) is 6.03 Å². The van der Waals surface area contributed by atoms with Gasteiger partial charge in [-0.1, -0.05) is 54.6 Å². The van der Waals surface area contributed by atoms with E-state index < -0.39 is 0 Å². The zero-order valence-corrected chi connectivity index (χ0v) is 13.5. The molecular formula is C19H24N2O2. The van der Waals surface area contributed by atoms with Crippen molar-refractivity contribution < 1.29 is 9.53 Å². The van der Waals surface area contributed by atoms with Gasteiger partial charge >= 0.3 is 6.03 Å². The Bertz CT molecular complexity index is 599. The topological polar surface area (TPSA) is 50.4 Å². The predicted molar refractivity (Wildman–Crippen MR) is 92.2 cm³/mol. The molecule has 122 valence electrons. The van der Waals surface area contributed by atoms with Crippen LogP contribution in [0.15, 0.2) is 54.6 Å². The van der Waals surface area contributed by atoms with Crippen LogP contribution in [0.1, 0.15) is 23.6 Å². The first kappa shape index (κ1) is 17.0. The van der Waals surface area contributed by atoms with E-state index in [9.17, 15) is 4.79 Å². The molecule has 0 fully saturated rings. The second kappa shape index (κ2) is 9.64. The van der Waals surface area contributed by atoms with Crippen LogP contribution in [0.3, 0.4) is 0 Å². The molecule has 0 saturated heterocycles. The van der Waals surface area contributed by atoms with E-state index in [1.807, 2.05) is 49.4 Å². The van der Waals surface area contributed by atoms with Gasteiger partial charge in [-0.05, 0) is 30.0 Å². The molecule has 0 bridgehead atoms. The quantitative estimate of drug-likeness (QED) is 0.786. The average molecular weight is 312 g/mol. The van der Waals surface area contributed by atoms with Gasteiger partial charge in [0.25, 0.3) is 0 Å². The molecule has 4 heteroatoms. The second-order valence-corrected chi connectivity index (χ2v) is 5.25. The molecule has 0 unspecified atom stereocenters. The minimum atomic E-state index is -0.146. The Balaban J connectivity index is 1.74. The summed E-state index contributed by atoms with van der Waals surface area (Å²) in [5.41, 5.74) is 3.41. The monoisotopic (exact) mass is 312 g/mol. The fourth-order valence-electron chi connectivity index (χ4n) is 2.29. The maximum atomic E-state index is 11.9.